The summed E-state index contributed by atoms with van der Waals surface area (Å²) < 4.78 is 22.0. The van der Waals surface area contributed by atoms with E-state index in [9.17, 15) is 14.4 Å². The van der Waals surface area contributed by atoms with E-state index in [0.29, 0.717) is 17.8 Å². The summed E-state index contributed by atoms with van der Waals surface area (Å²) in [4.78, 5) is 20.9. The normalized spacial score (nSPS) is 12.8. The van der Waals surface area contributed by atoms with E-state index in [4.69, 9.17) is 4.74 Å². The van der Waals surface area contributed by atoms with E-state index in [-0.39, 0.29) is 29.3 Å². The highest BCUT2D eigenvalue weighted by molar-refractivity contribution is 5.68. The van der Waals surface area contributed by atoms with Crippen molar-refractivity contribution in [3.05, 3.63) is 53.9 Å². The number of nitrogens with zero attached hydrogens (tertiary/aromatic N) is 5. The first-order chi connectivity index (χ1) is 17.5. The van der Waals surface area contributed by atoms with Gasteiger partial charge in [-0.05, 0) is 58.7 Å². The summed E-state index contributed by atoms with van der Waals surface area (Å²) in [5.74, 6) is -0.541. The number of aryl methyl sites for hydroxylation is 1. The predicted molar refractivity (Wildman–Crippen MR) is 139 cm³/mol. The monoisotopic (exact) mass is 508 g/mol. The second kappa shape index (κ2) is 11.7. The van der Waals surface area contributed by atoms with Crippen molar-refractivity contribution in [3.63, 3.8) is 0 Å². The van der Waals surface area contributed by atoms with Crippen LogP contribution in [0.5, 0.6) is 0 Å². The van der Waals surface area contributed by atoms with Gasteiger partial charge in [0, 0.05) is 18.3 Å². The molecule has 0 aliphatic carbocycles. The number of amides is 1. The van der Waals surface area contributed by atoms with Crippen molar-refractivity contribution in [2.75, 3.05) is 10.6 Å². The minimum absolute atomic E-state index is 0.0374. The quantitative estimate of drug-likeness (QED) is 0.359. The highest BCUT2D eigenvalue weighted by Crippen LogP contribution is 2.25. The number of halogens is 1. The van der Waals surface area contributed by atoms with Crippen LogP contribution in [0.25, 0.3) is 5.69 Å². The van der Waals surface area contributed by atoms with E-state index in [2.05, 4.69) is 31.0 Å². The third-order valence-electron chi connectivity index (χ3n) is 5.33. The zero-order valence-corrected chi connectivity index (χ0v) is 22.0. The van der Waals surface area contributed by atoms with Crippen molar-refractivity contribution in [1.29, 1.82) is 5.26 Å². The third-order valence-corrected chi connectivity index (χ3v) is 5.33. The van der Waals surface area contributed by atoms with Crippen LogP contribution in [0.4, 0.5) is 26.5 Å². The third kappa shape index (κ3) is 7.64. The van der Waals surface area contributed by atoms with Gasteiger partial charge in [0.1, 0.15) is 11.7 Å². The van der Waals surface area contributed by atoms with Crippen LogP contribution < -0.4 is 16.0 Å². The van der Waals surface area contributed by atoms with E-state index in [0.717, 1.165) is 18.1 Å². The molecule has 0 aliphatic heterocycles. The second-order valence-electron chi connectivity index (χ2n) is 9.82. The fourth-order valence-corrected chi connectivity index (χ4v) is 3.61. The highest BCUT2D eigenvalue weighted by Gasteiger charge is 2.24. The van der Waals surface area contributed by atoms with Gasteiger partial charge in [-0.3, -0.25) is 4.98 Å². The number of hydrogen-bond donors (Lipinski definition) is 3. The van der Waals surface area contributed by atoms with Gasteiger partial charge in [0.05, 0.1) is 35.5 Å². The van der Waals surface area contributed by atoms with Crippen LogP contribution in [0, 0.1) is 24.1 Å². The molecular weight excluding hydrogens is 475 g/mol. The number of nitriles is 1. The molecule has 0 aliphatic rings. The van der Waals surface area contributed by atoms with Crippen LogP contribution in [-0.2, 0) is 4.74 Å². The van der Waals surface area contributed by atoms with Crippen LogP contribution in [0.3, 0.4) is 0 Å². The Balaban J connectivity index is 1.84. The fraction of sp³-hybridized carbons (Fsp3) is 0.423. The number of ether oxygens (including phenoxy) is 1. The lowest BCUT2D eigenvalue weighted by molar-refractivity contribution is 0.0502. The lowest BCUT2D eigenvalue weighted by Crippen LogP contribution is -2.46. The van der Waals surface area contributed by atoms with Crippen LogP contribution in [0.2, 0.25) is 0 Å². The molecule has 11 heteroatoms. The number of pyridine rings is 2. The Hall–Kier alpha value is -4.20. The number of nitrogens with one attached hydrogen (secondary N) is 3. The van der Waals surface area contributed by atoms with Gasteiger partial charge in [-0.15, -0.1) is 0 Å². The molecule has 0 radical (unpaired) electrons. The van der Waals surface area contributed by atoms with Gasteiger partial charge in [0.2, 0.25) is 0 Å². The van der Waals surface area contributed by atoms with Gasteiger partial charge in [0.15, 0.2) is 17.5 Å². The molecule has 10 nitrogen and oxygen atoms in total. The zero-order chi connectivity index (χ0) is 27.2. The maximum absolute atomic E-state index is 15.0. The van der Waals surface area contributed by atoms with Crippen LogP contribution in [-0.4, -0.2) is 43.5 Å². The molecule has 0 unspecified atom stereocenters. The van der Waals surface area contributed by atoms with Crippen molar-refractivity contribution in [2.24, 2.45) is 0 Å². The maximum atomic E-state index is 15.0. The number of hydrogen-bond acceptors (Lipinski definition) is 8. The number of aromatic nitrogens is 4. The average molecular weight is 509 g/mol. The first kappa shape index (κ1) is 27.4. The van der Waals surface area contributed by atoms with Crippen molar-refractivity contribution < 1.29 is 13.9 Å². The Morgan fingerprint density at radius 3 is 2.62 bits per heavy atom. The Morgan fingerprint density at radius 1 is 1.24 bits per heavy atom. The van der Waals surface area contributed by atoms with Gasteiger partial charge in [0.25, 0.3) is 0 Å². The summed E-state index contributed by atoms with van der Waals surface area (Å²) in [6.45, 7) is 11.1. The van der Waals surface area contributed by atoms with Crippen molar-refractivity contribution >= 4 is 23.4 Å². The summed E-state index contributed by atoms with van der Waals surface area (Å²) in [5, 5.41) is 22.8. The SMILES string of the molecule is CCC[C@@H](Nc1nc(Nc2cncc(-n3cc(C)cn3)c2)c(C#N)cc1F)[C@H](C)NC(=O)OC(C)(C)C. The number of carbonyl (C=O) groups is 1. The second-order valence-corrected chi connectivity index (χ2v) is 9.82. The van der Waals surface area contributed by atoms with Gasteiger partial charge in [-0.1, -0.05) is 13.3 Å². The maximum Gasteiger partial charge on any atom is 0.407 e. The Morgan fingerprint density at radius 2 is 2.00 bits per heavy atom. The number of carbonyl (C=O) groups excluding carboxylic acids is 1. The molecule has 3 aromatic heterocycles. The largest absolute Gasteiger partial charge is 0.444 e. The minimum Gasteiger partial charge on any atom is -0.444 e. The summed E-state index contributed by atoms with van der Waals surface area (Å²) in [6.07, 6.45) is 7.69. The number of anilines is 3. The first-order valence-corrected chi connectivity index (χ1v) is 12.1. The molecule has 3 heterocycles. The molecule has 196 valence electrons. The predicted octanol–water partition coefficient (Wildman–Crippen LogP) is 5.22. The smallest absolute Gasteiger partial charge is 0.407 e. The fourth-order valence-electron chi connectivity index (χ4n) is 3.61. The van der Waals surface area contributed by atoms with Crippen LogP contribution in [0.15, 0.2) is 36.9 Å². The van der Waals surface area contributed by atoms with Crippen molar-refractivity contribution in [3.8, 4) is 11.8 Å². The summed E-state index contributed by atoms with van der Waals surface area (Å²) in [7, 11) is 0. The Labute approximate surface area is 216 Å². The van der Waals surface area contributed by atoms with Crippen LogP contribution >= 0.6 is 0 Å². The summed E-state index contributed by atoms with van der Waals surface area (Å²) in [5.41, 5.74) is 1.66. The van der Waals surface area contributed by atoms with Crippen molar-refractivity contribution in [2.45, 2.75) is 72.1 Å². The van der Waals surface area contributed by atoms with E-state index in [1.54, 1.807) is 50.1 Å². The average Bonchev–Trinajstić information content (AvgIpc) is 3.25. The highest BCUT2D eigenvalue weighted by atomic mass is 19.1. The minimum atomic E-state index is -0.674. The molecule has 0 fully saturated rings. The van der Waals surface area contributed by atoms with Gasteiger partial charge >= 0.3 is 6.09 Å². The molecule has 0 spiro atoms. The molecule has 2 atom stereocenters. The summed E-state index contributed by atoms with van der Waals surface area (Å²) in [6, 6.07) is 4.17. The molecule has 0 saturated heterocycles. The molecule has 0 aromatic carbocycles. The molecular formula is C26H33FN8O2. The van der Waals surface area contributed by atoms with E-state index >= 15 is 0 Å². The van der Waals surface area contributed by atoms with Crippen molar-refractivity contribution in [1.82, 2.24) is 25.1 Å². The number of alkyl carbamates (subject to hydrolysis) is 1. The molecule has 3 rings (SSSR count). The molecule has 3 aromatic rings. The molecule has 0 saturated carbocycles. The van der Waals surface area contributed by atoms with Crippen LogP contribution in [0.1, 0.15) is 58.6 Å². The molecule has 0 bridgehead atoms. The zero-order valence-electron chi connectivity index (χ0n) is 22.0. The van der Waals surface area contributed by atoms with Gasteiger partial charge in [-0.2, -0.15) is 10.4 Å². The summed E-state index contributed by atoms with van der Waals surface area (Å²) >= 11 is 0. The lowest BCUT2D eigenvalue weighted by atomic mass is 10.0. The first-order valence-electron chi connectivity index (χ1n) is 12.1. The van der Waals surface area contributed by atoms with Gasteiger partial charge < -0.3 is 20.7 Å². The van der Waals surface area contributed by atoms with Gasteiger partial charge in [-0.25, -0.2) is 18.9 Å². The number of rotatable bonds is 9. The Bertz CT molecular complexity index is 1280. The van der Waals surface area contributed by atoms with E-state index in [1.165, 1.54) is 0 Å². The molecule has 1 amide bonds. The Kier molecular flexibility index (Phi) is 8.65. The van der Waals surface area contributed by atoms with E-state index in [1.807, 2.05) is 33.0 Å². The standard InChI is InChI=1S/C26H33FN8O2/c1-7-8-22(17(3)31-25(36)37-26(4,5)6)33-24-21(27)9-18(11-28)23(34-24)32-19-10-20(14-29-13-19)35-15-16(2)12-30-35/h9-10,12-15,17,22H,7-8H2,1-6H3,(H,31,36)(H2,32,33,34)/t17-,22+/m0/s1. The molecule has 37 heavy (non-hydrogen) atoms. The lowest BCUT2D eigenvalue weighted by Gasteiger charge is -2.28. The molecule has 3 N–H and O–H groups in total. The topological polar surface area (TPSA) is 130 Å². The van der Waals surface area contributed by atoms with E-state index < -0.39 is 17.5 Å².